The molecule has 210 valence electrons. The molecule has 1 aliphatic rings. The van der Waals surface area contributed by atoms with E-state index in [9.17, 15) is 8.42 Å². The van der Waals surface area contributed by atoms with Crippen molar-refractivity contribution in [2.45, 2.75) is 71.3 Å². The molecule has 2 aromatic rings. The lowest BCUT2D eigenvalue weighted by atomic mass is 9.91. The van der Waals surface area contributed by atoms with Gasteiger partial charge < -0.3 is 10.2 Å². The van der Waals surface area contributed by atoms with E-state index < -0.39 is 15.3 Å². The number of fused-ring (bicyclic) bond motifs is 1. The number of aryl methyl sites for hydroxylation is 2. The van der Waals surface area contributed by atoms with Gasteiger partial charge in [-0.3, -0.25) is 14.5 Å². The molecule has 2 aromatic heterocycles. The molecule has 0 amide bonds. The predicted octanol–water partition coefficient (Wildman–Crippen LogP) is 3.45. The fraction of sp³-hybridized carbons (Fsp3) is 0.571. The number of imidazole rings is 1. The first kappa shape index (κ1) is 30.0. The van der Waals surface area contributed by atoms with Crippen LogP contribution in [0.5, 0.6) is 0 Å². The summed E-state index contributed by atoms with van der Waals surface area (Å²) in [6, 6.07) is 4.37. The summed E-state index contributed by atoms with van der Waals surface area (Å²) in [5.74, 6) is 1.74. The Balaban J connectivity index is 2.04. The number of nitrogens with zero attached hydrogens (tertiary/aromatic N) is 5. The molecule has 0 fully saturated rings. The van der Waals surface area contributed by atoms with Gasteiger partial charge in [0.2, 0.25) is 10.0 Å². The number of rotatable bonds is 14. The maximum atomic E-state index is 12.8. The van der Waals surface area contributed by atoms with Crippen LogP contribution >= 0.6 is 0 Å². The zero-order valence-corrected chi connectivity index (χ0v) is 24.7. The molecule has 10 heteroatoms. The van der Waals surface area contributed by atoms with Crippen molar-refractivity contribution in [1.82, 2.24) is 34.4 Å². The summed E-state index contributed by atoms with van der Waals surface area (Å²) in [4.78, 5) is 14.3. The molecule has 2 N–H and O–H groups in total. The van der Waals surface area contributed by atoms with Crippen LogP contribution in [0, 0.1) is 6.92 Å². The number of allylic oxidation sites excluding steroid dienone is 2. The Hall–Kier alpha value is -2.53. The minimum atomic E-state index is -3.47. The molecule has 0 aliphatic heterocycles. The van der Waals surface area contributed by atoms with Crippen molar-refractivity contribution in [2.75, 3.05) is 33.7 Å². The van der Waals surface area contributed by atoms with E-state index in [0.717, 1.165) is 67.6 Å². The lowest BCUT2D eigenvalue weighted by molar-refractivity contribution is 0.206. The van der Waals surface area contributed by atoms with E-state index in [2.05, 4.69) is 51.0 Å². The largest absolute Gasteiger partial charge is 0.357 e. The van der Waals surface area contributed by atoms with E-state index in [0.29, 0.717) is 6.54 Å². The average Bonchev–Trinajstić information content (AvgIpc) is 3.20. The average molecular weight is 544 g/mol. The van der Waals surface area contributed by atoms with Crippen LogP contribution in [0.1, 0.15) is 68.1 Å². The van der Waals surface area contributed by atoms with Gasteiger partial charge in [-0.15, -0.1) is 0 Å². The van der Waals surface area contributed by atoms with Crippen molar-refractivity contribution in [3.05, 3.63) is 65.5 Å². The Bertz CT molecular complexity index is 1220. The maximum absolute atomic E-state index is 12.8. The van der Waals surface area contributed by atoms with E-state index >= 15 is 0 Å². The molecule has 0 radical (unpaired) electrons. The highest BCUT2D eigenvalue weighted by molar-refractivity contribution is 7.90. The Morgan fingerprint density at radius 1 is 1.37 bits per heavy atom. The van der Waals surface area contributed by atoms with Crippen LogP contribution in [0.2, 0.25) is 0 Å². The van der Waals surface area contributed by atoms with Crippen molar-refractivity contribution >= 4 is 15.8 Å². The molecular weight excluding hydrogens is 498 g/mol. The Morgan fingerprint density at radius 3 is 2.79 bits per heavy atom. The van der Waals surface area contributed by atoms with E-state index in [4.69, 9.17) is 9.97 Å². The lowest BCUT2D eigenvalue weighted by Gasteiger charge is -2.32. The summed E-state index contributed by atoms with van der Waals surface area (Å²) in [5, 5.41) is 2.69. The SMILES string of the molecule is C=C/C=C(/N(CC)CCNC)n1c(C)nc(CN(C)[C@H]2CCCc3cccnc32)c1CNS(=O)(=O)C(C)C. The highest BCUT2D eigenvalue weighted by Gasteiger charge is 2.28. The molecule has 3 rings (SSSR count). The van der Waals surface area contributed by atoms with Crippen LogP contribution < -0.4 is 10.0 Å². The standard InChI is InChI=1S/C28H45N7O2S/c1-8-12-27(34(9-2)18-17-29-6)35-22(5)32-24(26(35)19-31-38(36,37)21(3)4)20-33(7)25-15-10-13-23-14-11-16-30-28(23)25/h8,11-12,14,16,21,25,29,31H,1,9-10,13,15,17-20H2,2-7H3/b27-12-/t25-/m0/s1. The third-order valence-corrected chi connectivity index (χ3v) is 9.00. The molecule has 0 saturated carbocycles. The van der Waals surface area contributed by atoms with Gasteiger partial charge in [-0.25, -0.2) is 18.1 Å². The van der Waals surface area contributed by atoms with Gasteiger partial charge in [0.05, 0.1) is 34.9 Å². The number of sulfonamides is 1. The Kier molecular flexibility index (Phi) is 10.7. The summed E-state index contributed by atoms with van der Waals surface area (Å²) in [6.45, 7) is 14.5. The fourth-order valence-corrected chi connectivity index (χ4v) is 5.72. The Morgan fingerprint density at radius 2 is 2.13 bits per heavy atom. The van der Waals surface area contributed by atoms with E-state index in [1.807, 2.05) is 32.3 Å². The highest BCUT2D eigenvalue weighted by atomic mass is 32.2. The van der Waals surface area contributed by atoms with Gasteiger partial charge >= 0.3 is 0 Å². The molecular formula is C28H45N7O2S. The number of hydrogen-bond donors (Lipinski definition) is 2. The number of likely N-dealkylation sites (N-methyl/N-ethyl adjacent to an activating group) is 2. The first-order valence-electron chi connectivity index (χ1n) is 13.6. The normalized spacial score (nSPS) is 16.2. The zero-order valence-electron chi connectivity index (χ0n) is 23.9. The van der Waals surface area contributed by atoms with Crippen LogP contribution in [-0.2, 0) is 29.5 Å². The molecule has 0 saturated heterocycles. The summed E-state index contributed by atoms with van der Waals surface area (Å²) in [6.07, 6.45) is 8.82. The summed E-state index contributed by atoms with van der Waals surface area (Å²) in [7, 11) is 0.578. The van der Waals surface area contributed by atoms with Gasteiger partial charge in [-0.2, -0.15) is 0 Å². The van der Waals surface area contributed by atoms with Crippen LogP contribution in [0.25, 0.3) is 5.82 Å². The van der Waals surface area contributed by atoms with Gasteiger partial charge in [0.15, 0.2) is 0 Å². The first-order valence-corrected chi connectivity index (χ1v) is 15.1. The van der Waals surface area contributed by atoms with Crippen molar-refractivity contribution in [1.29, 1.82) is 0 Å². The molecule has 0 spiro atoms. The third-order valence-electron chi connectivity index (χ3n) is 7.21. The van der Waals surface area contributed by atoms with Crippen LogP contribution in [-0.4, -0.2) is 71.7 Å². The van der Waals surface area contributed by atoms with Crippen molar-refractivity contribution < 1.29 is 8.42 Å². The monoisotopic (exact) mass is 543 g/mol. The summed E-state index contributed by atoms with van der Waals surface area (Å²) >= 11 is 0. The lowest BCUT2D eigenvalue weighted by Crippen LogP contribution is -2.35. The molecule has 0 unspecified atom stereocenters. The second kappa shape index (κ2) is 13.5. The minimum absolute atomic E-state index is 0.155. The first-order chi connectivity index (χ1) is 18.1. The van der Waals surface area contributed by atoms with Crippen LogP contribution in [0.3, 0.4) is 0 Å². The number of pyridine rings is 1. The van der Waals surface area contributed by atoms with Gasteiger partial charge in [0.1, 0.15) is 11.6 Å². The van der Waals surface area contributed by atoms with Gasteiger partial charge in [0.25, 0.3) is 0 Å². The predicted molar refractivity (Wildman–Crippen MR) is 155 cm³/mol. The van der Waals surface area contributed by atoms with Crippen LogP contribution in [0.15, 0.2) is 37.1 Å². The van der Waals surface area contributed by atoms with Crippen molar-refractivity contribution in [3.8, 4) is 0 Å². The molecule has 9 nitrogen and oxygen atoms in total. The maximum Gasteiger partial charge on any atom is 0.214 e. The fourth-order valence-electron chi connectivity index (χ4n) is 5.05. The highest BCUT2D eigenvalue weighted by Crippen LogP contribution is 2.33. The van der Waals surface area contributed by atoms with E-state index in [1.54, 1.807) is 19.9 Å². The van der Waals surface area contributed by atoms with E-state index in [-0.39, 0.29) is 12.6 Å². The second-order valence-electron chi connectivity index (χ2n) is 10.1. The third kappa shape index (κ3) is 6.91. The van der Waals surface area contributed by atoms with Gasteiger partial charge in [0, 0.05) is 32.4 Å². The minimum Gasteiger partial charge on any atom is -0.357 e. The van der Waals surface area contributed by atoms with Gasteiger partial charge in [-0.05, 0) is 78.8 Å². The molecule has 38 heavy (non-hydrogen) atoms. The molecule has 1 atom stereocenters. The van der Waals surface area contributed by atoms with Crippen molar-refractivity contribution in [2.24, 2.45) is 0 Å². The smallest absolute Gasteiger partial charge is 0.214 e. The summed E-state index contributed by atoms with van der Waals surface area (Å²) < 4.78 is 30.4. The number of nitrogens with one attached hydrogen (secondary N) is 2. The molecule has 0 bridgehead atoms. The number of hydrogen-bond acceptors (Lipinski definition) is 7. The Labute approximate surface area is 229 Å². The topological polar surface area (TPSA) is 95.4 Å². The van der Waals surface area contributed by atoms with E-state index in [1.165, 1.54) is 5.56 Å². The summed E-state index contributed by atoms with van der Waals surface area (Å²) in [5.41, 5.74) is 4.14. The van der Waals surface area contributed by atoms with Gasteiger partial charge in [-0.1, -0.05) is 18.7 Å². The molecule has 1 aliphatic carbocycles. The zero-order chi connectivity index (χ0) is 27.9. The quantitative estimate of drug-likeness (QED) is 0.353. The van der Waals surface area contributed by atoms with Crippen molar-refractivity contribution in [3.63, 3.8) is 0 Å². The second-order valence-corrected chi connectivity index (χ2v) is 12.4. The molecule has 2 heterocycles. The molecule has 0 aromatic carbocycles. The number of aromatic nitrogens is 3. The van der Waals surface area contributed by atoms with Crippen LogP contribution in [0.4, 0.5) is 0 Å².